The lowest BCUT2D eigenvalue weighted by atomic mass is 10.0. The Balaban J connectivity index is 3.93. The number of likely N-dealkylation sites (N-methyl/N-ethyl adjacent to an activating group) is 1. The molecule has 0 spiro atoms. The molecule has 0 N–H and O–H groups in total. The van der Waals surface area contributed by atoms with Gasteiger partial charge in [-0.2, -0.15) is 0 Å². The molecule has 0 heterocycles. The van der Waals surface area contributed by atoms with E-state index in [0.717, 1.165) is 13.1 Å². The van der Waals surface area contributed by atoms with Crippen molar-refractivity contribution in [3.8, 4) is 0 Å². The van der Waals surface area contributed by atoms with Crippen molar-refractivity contribution < 1.29 is 0 Å². The average Bonchev–Trinajstić information content (AvgIpc) is 2.03. The monoisotopic (exact) mass is 195 g/mol. The van der Waals surface area contributed by atoms with E-state index in [4.69, 9.17) is 0 Å². The van der Waals surface area contributed by atoms with Gasteiger partial charge in [0.15, 0.2) is 0 Å². The number of hydrogen-bond donors (Lipinski definition) is 0. The molecule has 0 unspecified atom stereocenters. The Morgan fingerprint density at radius 1 is 0.929 bits per heavy atom. The molecule has 14 heavy (non-hydrogen) atoms. The first kappa shape index (κ1) is 13.4. The zero-order chi connectivity index (χ0) is 11.3. The van der Waals surface area contributed by atoms with Crippen molar-refractivity contribution in [3.05, 3.63) is 24.3 Å². The molecule has 0 aromatic carbocycles. The van der Waals surface area contributed by atoms with Gasteiger partial charge in [-0.15, -0.1) is 0 Å². The molecular formula is C13H25N. The van der Waals surface area contributed by atoms with Crippen LogP contribution in [0.1, 0.15) is 27.7 Å². The average molecular weight is 195 g/mol. The molecule has 0 radical (unpaired) electrons. The van der Waals surface area contributed by atoms with Gasteiger partial charge in [0.2, 0.25) is 0 Å². The maximum absolute atomic E-state index is 4.07. The molecule has 0 aliphatic carbocycles. The third-order valence-corrected chi connectivity index (χ3v) is 2.58. The quantitative estimate of drug-likeness (QED) is 0.588. The van der Waals surface area contributed by atoms with Gasteiger partial charge in [-0.25, -0.2) is 0 Å². The summed E-state index contributed by atoms with van der Waals surface area (Å²) in [6, 6.07) is 0. The second-order valence-corrected chi connectivity index (χ2v) is 4.80. The third kappa shape index (κ3) is 5.23. The highest BCUT2D eigenvalue weighted by Gasteiger charge is 2.07. The molecule has 82 valence electrons. The topological polar surface area (TPSA) is 3.24 Å². The van der Waals surface area contributed by atoms with Crippen molar-refractivity contribution in [1.82, 2.24) is 4.90 Å². The molecule has 0 fully saturated rings. The van der Waals surface area contributed by atoms with Gasteiger partial charge in [0.05, 0.1) is 0 Å². The Morgan fingerprint density at radius 3 is 1.43 bits per heavy atom. The van der Waals surface area contributed by atoms with E-state index < -0.39 is 0 Å². The van der Waals surface area contributed by atoms with Gasteiger partial charge in [-0.3, -0.25) is 4.90 Å². The molecule has 1 heteroatoms. The highest BCUT2D eigenvalue weighted by atomic mass is 15.1. The lowest BCUT2D eigenvalue weighted by Crippen LogP contribution is -2.25. The molecule has 0 saturated heterocycles. The molecule has 0 bridgehead atoms. The molecule has 0 aliphatic rings. The minimum Gasteiger partial charge on any atom is -0.299 e. The highest BCUT2D eigenvalue weighted by Crippen LogP contribution is 2.11. The maximum atomic E-state index is 4.07. The normalized spacial score (nSPS) is 11.4. The maximum Gasteiger partial charge on any atom is 0.0193 e. The van der Waals surface area contributed by atoms with Crippen molar-refractivity contribution in [2.75, 3.05) is 20.1 Å². The van der Waals surface area contributed by atoms with Crippen LogP contribution in [0.3, 0.4) is 0 Å². The fourth-order valence-electron chi connectivity index (χ4n) is 1.11. The largest absolute Gasteiger partial charge is 0.299 e. The van der Waals surface area contributed by atoms with Gasteiger partial charge in [-0.1, -0.05) is 52.0 Å². The Morgan fingerprint density at radius 2 is 1.21 bits per heavy atom. The summed E-state index contributed by atoms with van der Waals surface area (Å²) in [5.41, 5.74) is 2.59. The Hall–Kier alpha value is -0.560. The first-order valence-corrected chi connectivity index (χ1v) is 5.38. The van der Waals surface area contributed by atoms with Crippen LogP contribution in [0.4, 0.5) is 0 Å². The first-order valence-electron chi connectivity index (χ1n) is 5.38. The number of nitrogens with zero attached hydrogens (tertiary/aromatic N) is 1. The molecule has 0 aromatic rings. The predicted molar refractivity (Wildman–Crippen MR) is 65.5 cm³/mol. The summed E-state index contributed by atoms with van der Waals surface area (Å²) in [4.78, 5) is 2.28. The zero-order valence-electron chi connectivity index (χ0n) is 10.4. The van der Waals surface area contributed by atoms with E-state index in [1.165, 1.54) is 11.1 Å². The van der Waals surface area contributed by atoms with Crippen LogP contribution in [0.25, 0.3) is 0 Å². The highest BCUT2D eigenvalue weighted by molar-refractivity contribution is 5.04. The standard InChI is InChI=1S/C13H25N/c1-10(2)12(5)8-14(7)9-13(6)11(3)4/h10-11H,5-6,8-9H2,1-4,7H3. The van der Waals surface area contributed by atoms with Gasteiger partial charge in [0.25, 0.3) is 0 Å². The van der Waals surface area contributed by atoms with Crippen LogP contribution in [-0.2, 0) is 0 Å². The lowest BCUT2D eigenvalue weighted by molar-refractivity contribution is 0.371. The van der Waals surface area contributed by atoms with Crippen LogP contribution in [0.5, 0.6) is 0 Å². The van der Waals surface area contributed by atoms with Crippen LogP contribution in [0.2, 0.25) is 0 Å². The fraction of sp³-hybridized carbons (Fsp3) is 0.692. The van der Waals surface area contributed by atoms with E-state index in [1.54, 1.807) is 0 Å². The Labute approximate surface area is 89.5 Å². The summed E-state index contributed by atoms with van der Waals surface area (Å²) in [5, 5.41) is 0. The van der Waals surface area contributed by atoms with Gasteiger partial charge in [0.1, 0.15) is 0 Å². The summed E-state index contributed by atoms with van der Waals surface area (Å²) in [6.07, 6.45) is 0. The summed E-state index contributed by atoms with van der Waals surface area (Å²) < 4.78 is 0. The minimum atomic E-state index is 0.574. The van der Waals surface area contributed by atoms with Crippen LogP contribution in [0, 0.1) is 11.8 Å². The Bertz CT molecular complexity index is 179. The molecule has 1 nitrogen and oxygen atoms in total. The molecule has 0 amide bonds. The van der Waals surface area contributed by atoms with Crippen LogP contribution in [-0.4, -0.2) is 25.0 Å². The zero-order valence-corrected chi connectivity index (χ0v) is 10.4. The van der Waals surface area contributed by atoms with Gasteiger partial charge < -0.3 is 0 Å². The van der Waals surface area contributed by atoms with Gasteiger partial charge in [0, 0.05) is 13.1 Å². The predicted octanol–water partition coefficient (Wildman–Crippen LogP) is 3.34. The summed E-state index contributed by atoms with van der Waals surface area (Å²) in [6.45, 7) is 18.9. The van der Waals surface area contributed by atoms with E-state index >= 15 is 0 Å². The van der Waals surface area contributed by atoms with E-state index in [9.17, 15) is 0 Å². The minimum absolute atomic E-state index is 0.574. The molecule has 0 saturated carbocycles. The van der Waals surface area contributed by atoms with Crippen molar-refractivity contribution in [3.63, 3.8) is 0 Å². The van der Waals surface area contributed by atoms with Crippen molar-refractivity contribution >= 4 is 0 Å². The van der Waals surface area contributed by atoms with Crippen LogP contribution in [0.15, 0.2) is 24.3 Å². The molecular weight excluding hydrogens is 170 g/mol. The van der Waals surface area contributed by atoms with E-state index in [1.807, 2.05) is 0 Å². The van der Waals surface area contributed by atoms with Crippen LogP contribution >= 0.6 is 0 Å². The van der Waals surface area contributed by atoms with E-state index in [-0.39, 0.29) is 0 Å². The second-order valence-electron chi connectivity index (χ2n) is 4.80. The third-order valence-electron chi connectivity index (χ3n) is 2.58. The molecule has 0 atom stereocenters. The SMILES string of the molecule is C=C(CN(C)CC(=C)C(C)C)C(C)C. The van der Waals surface area contributed by atoms with E-state index in [0.29, 0.717) is 11.8 Å². The first-order chi connectivity index (χ1) is 6.34. The second kappa shape index (κ2) is 6.02. The van der Waals surface area contributed by atoms with Gasteiger partial charge in [-0.05, 0) is 18.9 Å². The summed E-state index contributed by atoms with van der Waals surface area (Å²) >= 11 is 0. The molecule has 0 aliphatic heterocycles. The number of hydrogen-bond acceptors (Lipinski definition) is 1. The number of rotatable bonds is 6. The Kier molecular flexibility index (Phi) is 5.78. The van der Waals surface area contributed by atoms with Crippen molar-refractivity contribution in [2.24, 2.45) is 11.8 Å². The lowest BCUT2D eigenvalue weighted by Gasteiger charge is -2.22. The fourth-order valence-corrected chi connectivity index (χ4v) is 1.11. The van der Waals surface area contributed by atoms with Gasteiger partial charge >= 0.3 is 0 Å². The van der Waals surface area contributed by atoms with Crippen LogP contribution < -0.4 is 0 Å². The molecule has 0 rings (SSSR count). The summed E-state index contributed by atoms with van der Waals surface area (Å²) in [5.74, 6) is 1.15. The van der Waals surface area contributed by atoms with Crippen molar-refractivity contribution in [2.45, 2.75) is 27.7 Å². The van der Waals surface area contributed by atoms with E-state index in [2.05, 4.69) is 52.8 Å². The smallest absolute Gasteiger partial charge is 0.0193 e. The summed E-state index contributed by atoms with van der Waals surface area (Å²) in [7, 11) is 2.13. The van der Waals surface area contributed by atoms with Crippen molar-refractivity contribution in [1.29, 1.82) is 0 Å². The molecule has 0 aromatic heterocycles.